The highest BCUT2D eigenvalue weighted by Gasteiger charge is 2.62. The molecule has 3 aliphatic heterocycles. The fraction of sp³-hybridized carbons (Fsp3) is 0.625. The summed E-state index contributed by atoms with van der Waals surface area (Å²) < 4.78 is 71.9. The molecule has 7 aliphatic rings. The number of carbonyl (C=O) groups is 4. The Labute approximate surface area is 333 Å². The van der Waals surface area contributed by atoms with Gasteiger partial charge in [-0.1, -0.05) is 26.0 Å². The van der Waals surface area contributed by atoms with E-state index >= 15 is 4.79 Å². The molecule has 5 fully saturated rings. The summed E-state index contributed by atoms with van der Waals surface area (Å²) in [4.78, 5) is 63.9. The van der Waals surface area contributed by atoms with Crippen LogP contribution in [0.5, 0.6) is 17.4 Å². The molecular formula is C40H47F2N5O10S. The predicted octanol–water partition coefficient (Wildman–Crippen LogP) is 4.55. The zero-order chi connectivity index (χ0) is 40.9. The molecule has 4 amide bonds. The Morgan fingerprint density at radius 2 is 1.79 bits per heavy atom. The number of carbonyl (C=O) groups excluding carboxylic acids is 3. The fourth-order valence-corrected chi connectivity index (χ4v) is 11.3. The van der Waals surface area contributed by atoms with Crippen LogP contribution >= 0.6 is 0 Å². The third-order valence-electron chi connectivity index (χ3n) is 13.3. The molecule has 2 unspecified atom stereocenters. The van der Waals surface area contributed by atoms with Crippen molar-refractivity contribution in [3.63, 3.8) is 0 Å². The average molecular weight is 828 g/mol. The molecule has 9 rings (SSSR count). The predicted molar refractivity (Wildman–Crippen MR) is 201 cm³/mol. The number of sulfonamides is 1. The zero-order valence-electron chi connectivity index (χ0n) is 32.1. The third-order valence-corrected chi connectivity index (χ3v) is 15.1. The van der Waals surface area contributed by atoms with Crippen molar-refractivity contribution in [2.45, 2.75) is 119 Å². The molecule has 15 nitrogen and oxygen atoms in total. The lowest BCUT2D eigenvalue weighted by Gasteiger charge is -2.40. The van der Waals surface area contributed by atoms with Gasteiger partial charge in [0.1, 0.15) is 23.7 Å². The van der Waals surface area contributed by atoms with Crippen molar-refractivity contribution in [3.05, 3.63) is 36.5 Å². The number of halogens is 2. The minimum Gasteiger partial charge on any atom is -0.472 e. The largest absolute Gasteiger partial charge is 0.586 e. The molecule has 1 aromatic heterocycles. The second kappa shape index (κ2) is 13.9. The molecule has 1 aromatic carbocycles. The van der Waals surface area contributed by atoms with Gasteiger partial charge in [0.05, 0.1) is 11.8 Å². The van der Waals surface area contributed by atoms with Crippen molar-refractivity contribution in [1.29, 1.82) is 0 Å². The summed E-state index contributed by atoms with van der Waals surface area (Å²) in [5.74, 6) is -2.51. The second-order valence-corrected chi connectivity index (χ2v) is 19.5. The highest BCUT2D eigenvalue weighted by atomic mass is 32.2. The van der Waals surface area contributed by atoms with Crippen molar-refractivity contribution in [2.24, 2.45) is 29.6 Å². The van der Waals surface area contributed by atoms with Gasteiger partial charge in [-0.25, -0.2) is 18.2 Å². The minimum atomic E-state index is -3.96. The van der Waals surface area contributed by atoms with Gasteiger partial charge in [0, 0.05) is 35.3 Å². The highest BCUT2D eigenvalue weighted by molar-refractivity contribution is 7.91. The lowest BCUT2D eigenvalue weighted by molar-refractivity contribution is -0.286. The van der Waals surface area contributed by atoms with Crippen molar-refractivity contribution < 1.29 is 55.7 Å². The van der Waals surface area contributed by atoms with E-state index in [0.717, 1.165) is 12.8 Å². The number of pyridine rings is 1. The first kappa shape index (κ1) is 38.8. The maximum Gasteiger partial charge on any atom is 0.586 e. The molecule has 58 heavy (non-hydrogen) atoms. The third kappa shape index (κ3) is 7.08. The molecule has 0 radical (unpaired) electrons. The molecule has 2 aromatic rings. The van der Waals surface area contributed by atoms with Crippen LogP contribution in [-0.4, -0.2) is 100.0 Å². The number of amides is 4. The van der Waals surface area contributed by atoms with E-state index in [1.807, 2.05) is 19.1 Å². The summed E-state index contributed by atoms with van der Waals surface area (Å²) >= 11 is 0. The standard InChI is InChI=1S/C40H47F2N5O10S/c1-20-5-3-4-6-24-18-39(24,37(50)45-58(53,54)27-7-8-27)44-34(48)30-17-26(55-35-29-9-10-31-33(28(29)11-12-43-35)57-40(41,42)56-31)19-46(30)36(49)32(21(2)13-20)47(38(51)52)25-15-22-14-23(22)16-25/h4,6,9-12,20-27,30,32H,3,5,7-8,13-19H2,1-2H3,(H,44,48)(H,45,50)(H,51,52)/b6-4-/t20-,21-,22+,23?,24-,25?,26-,30+,32+,39-/m1/s1. The maximum absolute atomic E-state index is 15.2. The molecule has 1 saturated heterocycles. The van der Waals surface area contributed by atoms with Gasteiger partial charge < -0.3 is 29.5 Å². The van der Waals surface area contributed by atoms with Crippen LogP contribution in [0.15, 0.2) is 36.5 Å². The summed E-state index contributed by atoms with van der Waals surface area (Å²) in [5, 5.41) is 13.5. The molecule has 4 aliphatic carbocycles. The molecule has 3 N–H and O–H groups in total. The molecule has 18 heteroatoms. The number of carboxylic acid groups (broad SMARTS) is 1. The van der Waals surface area contributed by atoms with Crippen LogP contribution in [0.25, 0.3) is 10.8 Å². The number of fused-ring (bicyclic) bond motifs is 6. The van der Waals surface area contributed by atoms with Gasteiger partial charge in [-0.2, -0.15) is 0 Å². The number of ether oxygens (including phenoxy) is 3. The van der Waals surface area contributed by atoms with Crippen LogP contribution in [0.2, 0.25) is 0 Å². The van der Waals surface area contributed by atoms with E-state index in [0.29, 0.717) is 55.7 Å². The number of nitrogens with one attached hydrogen (secondary N) is 2. The summed E-state index contributed by atoms with van der Waals surface area (Å²) in [6.07, 6.45) is 4.26. The molecule has 0 bridgehead atoms. The van der Waals surface area contributed by atoms with E-state index in [1.165, 1.54) is 34.2 Å². The molecule has 0 spiro atoms. The molecule has 4 heterocycles. The van der Waals surface area contributed by atoms with E-state index in [9.17, 15) is 36.7 Å². The Morgan fingerprint density at radius 3 is 2.52 bits per heavy atom. The van der Waals surface area contributed by atoms with E-state index in [4.69, 9.17) is 9.47 Å². The second-order valence-electron chi connectivity index (χ2n) is 17.5. The van der Waals surface area contributed by atoms with E-state index in [-0.39, 0.29) is 54.1 Å². The first-order valence-electron chi connectivity index (χ1n) is 20.2. The molecule has 4 saturated carbocycles. The van der Waals surface area contributed by atoms with Crippen molar-refractivity contribution in [1.82, 2.24) is 24.8 Å². The Bertz CT molecular complexity index is 2190. The Balaban J connectivity index is 1.07. The zero-order valence-corrected chi connectivity index (χ0v) is 33.0. The average Bonchev–Trinajstić information content (AvgIpc) is 4.12. The molecular weight excluding hydrogens is 781 g/mol. The quantitative estimate of drug-likeness (QED) is 0.332. The van der Waals surface area contributed by atoms with Crippen molar-refractivity contribution >= 4 is 44.6 Å². The molecule has 312 valence electrons. The van der Waals surface area contributed by atoms with Crippen LogP contribution in [-0.2, 0) is 24.4 Å². The first-order chi connectivity index (χ1) is 27.5. The Kier molecular flexibility index (Phi) is 9.31. The van der Waals surface area contributed by atoms with Gasteiger partial charge in [-0.15, -0.1) is 8.78 Å². The highest BCUT2D eigenvalue weighted by Crippen LogP contribution is 2.54. The monoisotopic (exact) mass is 827 g/mol. The van der Waals surface area contributed by atoms with Gasteiger partial charge in [0.2, 0.25) is 27.7 Å². The summed E-state index contributed by atoms with van der Waals surface area (Å²) in [6, 6.07) is 1.50. The van der Waals surface area contributed by atoms with Crippen molar-refractivity contribution in [3.8, 4) is 17.4 Å². The van der Waals surface area contributed by atoms with Crippen LogP contribution in [0.1, 0.15) is 78.1 Å². The normalized spacial score (nSPS) is 35.7. The van der Waals surface area contributed by atoms with E-state index < -0.39 is 80.9 Å². The topological polar surface area (TPSA) is 194 Å². The van der Waals surface area contributed by atoms with Crippen LogP contribution in [0.4, 0.5) is 13.6 Å². The number of allylic oxidation sites excluding steroid dienone is 1. The van der Waals surface area contributed by atoms with Gasteiger partial charge in [0.15, 0.2) is 11.5 Å². The Morgan fingerprint density at radius 1 is 1.03 bits per heavy atom. The summed E-state index contributed by atoms with van der Waals surface area (Å²) in [7, 11) is -3.96. The lowest BCUT2D eigenvalue weighted by Crippen LogP contribution is -2.61. The van der Waals surface area contributed by atoms with E-state index in [2.05, 4.69) is 26.7 Å². The van der Waals surface area contributed by atoms with Crippen LogP contribution in [0, 0.1) is 29.6 Å². The summed E-state index contributed by atoms with van der Waals surface area (Å²) in [6.45, 7) is 3.76. The SMILES string of the molecule is C[C@@H]1CC/C=C\[C@@H]2C[C@@]2(C(=O)NS(=O)(=O)C2CC2)NC(=O)[C@@H]2C[C@@H](Oc3nccc4c5c(ccc34)OC(F)(F)O5)CN2C(=O)[C@@H](N(C(=O)O)C2CC3C[C@H]3C2)[C@H](C)C1. The van der Waals surface area contributed by atoms with Gasteiger partial charge in [0.25, 0.3) is 5.91 Å². The number of benzene rings is 1. The summed E-state index contributed by atoms with van der Waals surface area (Å²) in [5.41, 5.74) is -1.60. The first-order valence-corrected chi connectivity index (χ1v) is 21.8. The number of rotatable bonds is 7. The lowest BCUT2D eigenvalue weighted by atomic mass is 9.86. The van der Waals surface area contributed by atoms with Crippen LogP contribution < -0.4 is 24.2 Å². The maximum atomic E-state index is 15.2. The number of nitrogens with zero attached hydrogens (tertiary/aromatic N) is 3. The van der Waals surface area contributed by atoms with Gasteiger partial charge in [-0.3, -0.25) is 24.0 Å². The minimum absolute atomic E-state index is 0.0179. The van der Waals surface area contributed by atoms with Gasteiger partial charge >= 0.3 is 12.4 Å². The fourth-order valence-electron chi connectivity index (χ4n) is 9.97. The number of hydrogen-bond acceptors (Lipinski definition) is 10. The van der Waals surface area contributed by atoms with E-state index in [1.54, 1.807) is 0 Å². The van der Waals surface area contributed by atoms with Gasteiger partial charge in [-0.05, 0) is 99.7 Å². The number of alkyl halides is 2. The number of hydrogen-bond donors (Lipinski definition) is 3. The van der Waals surface area contributed by atoms with Crippen LogP contribution in [0.3, 0.4) is 0 Å². The smallest absolute Gasteiger partial charge is 0.472 e. The Hall–Kier alpha value is -4.74. The molecule has 10 atom stereocenters. The van der Waals surface area contributed by atoms with Crippen molar-refractivity contribution in [2.75, 3.05) is 6.54 Å². The number of aromatic nitrogens is 1.